The van der Waals surface area contributed by atoms with Gasteiger partial charge in [0.2, 0.25) is 5.91 Å². The predicted molar refractivity (Wildman–Crippen MR) is 57.9 cm³/mol. The fourth-order valence-electron chi connectivity index (χ4n) is 1.32. The van der Waals surface area contributed by atoms with Gasteiger partial charge in [0, 0.05) is 18.2 Å². The van der Waals surface area contributed by atoms with Crippen molar-refractivity contribution in [1.29, 1.82) is 0 Å². The van der Waals surface area contributed by atoms with E-state index in [0.717, 1.165) is 12.1 Å². The number of hydrogen-bond acceptors (Lipinski definition) is 2. The molecule has 1 unspecified atom stereocenters. The highest BCUT2D eigenvalue weighted by Gasteiger charge is 2.08. The van der Waals surface area contributed by atoms with Crippen LogP contribution in [0.1, 0.15) is 19.8 Å². The van der Waals surface area contributed by atoms with Crippen LogP contribution in [0.15, 0.2) is 24.3 Å². The van der Waals surface area contributed by atoms with Gasteiger partial charge >= 0.3 is 0 Å². The highest BCUT2D eigenvalue weighted by atomic mass is 19.1. The number of carbonyl (C=O) groups is 1. The molecule has 0 spiro atoms. The van der Waals surface area contributed by atoms with E-state index in [9.17, 15) is 9.18 Å². The zero-order chi connectivity index (χ0) is 11.3. The van der Waals surface area contributed by atoms with Crippen molar-refractivity contribution in [2.75, 3.05) is 5.32 Å². The van der Waals surface area contributed by atoms with Gasteiger partial charge in [-0.3, -0.25) is 4.79 Å². The Morgan fingerprint density at radius 2 is 2.07 bits per heavy atom. The van der Waals surface area contributed by atoms with E-state index in [0.29, 0.717) is 0 Å². The molecule has 0 bridgehead atoms. The number of rotatable bonds is 5. The number of carbonyl (C=O) groups excluding carboxylic acids is 1. The largest absolute Gasteiger partial charge is 0.382 e. The molecule has 0 aliphatic carbocycles. The first-order valence-electron chi connectivity index (χ1n) is 4.92. The molecule has 82 valence electrons. The summed E-state index contributed by atoms with van der Waals surface area (Å²) in [4.78, 5) is 10.7. The minimum absolute atomic E-state index is 0.00737. The summed E-state index contributed by atoms with van der Waals surface area (Å²) in [6.07, 6.45) is 1.08. The van der Waals surface area contributed by atoms with E-state index in [-0.39, 0.29) is 24.2 Å². The van der Waals surface area contributed by atoms with E-state index in [4.69, 9.17) is 5.73 Å². The molecule has 3 N–H and O–H groups in total. The third kappa shape index (κ3) is 3.97. The highest BCUT2D eigenvalue weighted by Crippen LogP contribution is 2.12. The van der Waals surface area contributed by atoms with E-state index >= 15 is 0 Å². The molecule has 1 amide bonds. The van der Waals surface area contributed by atoms with E-state index in [1.54, 1.807) is 12.1 Å². The highest BCUT2D eigenvalue weighted by molar-refractivity contribution is 5.75. The number of benzene rings is 1. The van der Waals surface area contributed by atoms with Crippen LogP contribution in [0.2, 0.25) is 0 Å². The van der Waals surface area contributed by atoms with E-state index < -0.39 is 0 Å². The molecule has 0 saturated heterocycles. The Hall–Kier alpha value is -1.58. The first-order valence-corrected chi connectivity index (χ1v) is 4.92. The van der Waals surface area contributed by atoms with E-state index in [1.165, 1.54) is 12.1 Å². The Bertz CT molecular complexity index is 324. The summed E-state index contributed by atoms with van der Waals surface area (Å²) in [5, 5.41) is 3.12. The molecule has 0 fully saturated rings. The first kappa shape index (κ1) is 11.5. The molecule has 1 aromatic rings. The Labute approximate surface area is 88.5 Å². The molecular formula is C11H15FN2O. The predicted octanol–water partition coefficient (Wildman–Crippen LogP) is 1.89. The molecule has 15 heavy (non-hydrogen) atoms. The Kier molecular flexibility index (Phi) is 4.09. The zero-order valence-corrected chi connectivity index (χ0v) is 8.66. The van der Waals surface area contributed by atoms with Gasteiger partial charge in [-0.1, -0.05) is 6.92 Å². The lowest BCUT2D eigenvalue weighted by Gasteiger charge is -2.16. The number of anilines is 1. The van der Waals surface area contributed by atoms with E-state index in [2.05, 4.69) is 5.32 Å². The molecule has 0 aromatic heterocycles. The van der Waals surface area contributed by atoms with Crippen LogP contribution in [0.25, 0.3) is 0 Å². The summed E-state index contributed by atoms with van der Waals surface area (Å²) < 4.78 is 12.6. The molecule has 1 atom stereocenters. The van der Waals surface area contributed by atoms with Gasteiger partial charge in [0.15, 0.2) is 0 Å². The quantitative estimate of drug-likeness (QED) is 0.779. The van der Waals surface area contributed by atoms with Crippen LogP contribution in [0.5, 0.6) is 0 Å². The maximum Gasteiger partial charge on any atom is 0.219 e. The molecule has 0 heterocycles. The first-order chi connectivity index (χ1) is 7.11. The molecule has 0 saturated carbocycles. The second kappa shape index (κ2) is 5.34. The van der Waals surface area contributed by atoms with Crippen molar-refractivity contribution in [2.24, 2.45) is 5.73 Å². The van der Waals surface area contributed by atoms with Gasteiger partial charge in [0.1, 0.15) is 5.82 Å². The molecular weight excluding hydrogens is 195 g/mol. The second-order valence-electron chi connectivity index (χ2n) is 3.43. The van der Waals surface area contributed by atoms with Crippen LogP contribution in [0.4, 0.5) is 10.1 Å². The minimum Gasteiger partial charge on any atom is -0.382 e. The van der Waals surface area contributed by atoms with Crippen molar-refractivity contribution in [1.82, 2.24) is 0 Å². The molecule has 1 aromatic carbocycles. The number of nitrogens with one attached hydrogen (secondary N) is 1. The van der Waals surface area contributed by atoms with Crippen LogP contribution in [0, 0.1) is 5.82 Å². The number of nitrogens with two attached hydrogens (primary N) is 1. The van der Waals surface area contributed by atoms with Crippen molar-refractivity contribution in [3.63, 3.8) is 0 Å². The number of halogens is 1. The van der Waals surface area contributed by atoms with Gasteiger partial charge in [0.05, 0.1) is 0 Å². The van der Waals surface area contributed by atoms with Gasteiger partial charge in [0.25, 0.3) is 0 Å². The third-order valence-electron chi connectivity index (χ3n) is 2.16. The lowest BCUT2D eigenvalue weighted by Crippen LogP contribution is -2.26. The maximum absolute atomic E-state index is 12.6. The van der Waals surface area contributed by atoms with E-state index in [1.807, 2.05) is 6.92 Å². The van der Waals surface area contributed by atoms with Gasteiger partial charge in [-0.25, -0.2) is 4.39 Å². The zero-order valence-electron chi connectivity index (χ0n) is 8.66. The van der Waals surface area contributed by atoms with Crippen LogP contribution in [-0.2, 0) is 4.79 Å². The molecule has 0 aliphatic heterocycles. The molecule has 3 nitrogen and oxygen atoms in total. The molecule has 0 radical (unpaired) electrons. The summed E-state index contributed by atoms with van der Waals surface area (Å²) in [6.45, 7) is 1.96. The Morgan fingerprint density at radius 3 is 2.53 bits per heavy atom. The number of hydrogen-bond donors (Lipinski definition) is 2. The van der Waals surface area contributed by atoms with Gasteiger partial charge in [-0.2, -0.15) is 0 Å². The van der Waals surface area contributed by atoms with Crippen molar-refractivity contribution in [3.8, 4) is 0 Å². The van der Waals surface area contributed by atoms with Crippen molar-refractivity contribution in [3.05, 3.63) is 30.1 Å². The van der Waals surface area contributed by atoms with Crippen LogP contribution in [-0.4, -0.2) is 11.9 Å². The molecule has 0 aliphatic rings. The lowest BCUT2D eigenvalue weighted by molar-refractivity contribution is -0.118. The average Bonchev–Trinajstić information content (AvgIpc) is 2.19. The summed E-state index contributed by atoms with van der Waals surface area (Å²) in [5.74, 6) is -0.611. The third-order valence-corrected chi connectivity index (χ3v) is 2.16. The van der Waals surface area contributed by atoms with Gasteiger partial charge in [-0.05, 0) is 30.7 Å². The summed E-state index contributed by atoms with van der Waals surface area (Å²) in [6, 6.07) is 6.03. The SMILES string of the molecule is CCC(CC(N)=O)Nc1ccc(F)cc1. The maximum atomic E-state index is 12.6. The summed E-state index contributed by atoms with van der Waals surface area (Å²) >= 11 is 0. The summed E-state index contributed by atoms with van der Waals surface area (Å²) in [5.41, 5.74) is 5.90. The smallest absolute Gasteiger partial charge is 0.219 e. The average molecular weight is 210 g/mol. The second-order valence-corrected chi connectivity index (χ2v) is 3.43. The fraction of sp³-hybridized carbons (Fsp3) is 0.364. The molecule has 4 heteroatoms. The fourth-order valence-corrected chi connectivity index (χ4v) is 1.32. The lowest BCUT2D eigenvalue weighted by atomic mass is 10.1. The van der Waals surface area contributed by atoms with Gasteiger partial charge < -0.3 is 11.1 Å². The van der Waals surface area contributed by atoms with Crippen molar-refractivity contribution in [2.45, 2.75) is 25.8 Å². The Balaban J connectivity index is 2.58. The normalized spacial score (nSPS) is 12.1. The standard InChI is InChI=1S/C11H15FN2O/c1-2-9(7-11(13)15)14-10-5-3-8(12)4-6-10/h3-6,9,14H,2,7H2,1H3,(H2,13,15). The van der Waals surface area contributed by atoms with Crippen molar-refractivity contribution >= 4 is 11.6 Å². The number of primary amides is 1. The van der Waals surface area contributed by atoms with Crippen LogP contribution >= 0.6 is 0 Å². The van der Waals surface area contributed by atoms with Crippen molar-refractivity contribution < 1.29 is 9.18 Å². The monoisotopic (exact) mass is 210 g/mol. The summed E-state index contributed by atoms with van der Waals surface area (Å²) in [7, 11) is 0. The number of amides is 1. The molecule has 1 rings (SSSR count). The van der Waals surface area contributed by atoms with Crippen LogP contribution < -0.4 is 11.1 Å². The minimum atomic E-state index is -0.337. The topological polar surface area (TPSA) is 55.1 Å². The Morgan fingerprint density at radius 1 is 1.47 bits per heavy atom. The van der Waals surface area contributed by atoms with Gasteiger partial charge in [-0.15, -0.1) is 0 Å². The van der Waals surface area contributed by atoms with Crippen LogP contribution in [0.3, 0.4) is 0 Å².